The lowest BCUT2D eigenvalue weighted by Gasteiger charge is -2.02. The normalized spacial score (nSPS) is 10.6. The summed E-state index contributed by atoms with van der Waals surface area (Å²) in [6, 6.07) is 0. The Hall–Kier alpha value is -0.0500. The van der Waals surface area contributed by atoms with Gasteiger partial charge in [-0.15, -0.1) is 0 Å². The van der Waals surface area contributed by atoms with Crippen LogP contribution in [-0.2, 0) is 8.62 Å². The fraction of sp³-hybridized carbons (Fsp3) is 0.938. The van der Waals surface area contributed by atoms with Crippen LogP contribution in [0.4, 0.5) is 0 Å². The van der Waals surface area contributed by atoms with Crippen LogP contribution in [0.15, 0.2) is 0 Å². The number of hydrogen-bond donors (Lipinski definition) is 0. The fourth-order valence-electron chi connectivity index (χ4n) is 2.33. The number of carbonyl (C=O) groups excluding carboxylic acids is 1. The highest BCUT2D eigenvalue weighted by Crippen LogP contribution is 2.13. The molecule has 19 heavy (non-hydrogen) atoms. The lowest BCUT2D eigenvalue weighted by molar-refractivity contribution is -0.132. The zero-order valence-corrected chi connectivity index (χ0v) is 14.2. The maximum atomic E-state index is 10.8. The van der Waals surface area contributed by atoms with Gasteiger partial charge in [-0.05, 0) is 6.42 Å². The standard InChI is InChI=1S/C16H31BrO2/c1-2-3-4-5-6-7-8-9-10-11-12-13-14-15-16(18)19-17/h2-15H2,1H3. The molecule has 0 saturated heterocycles. The van der Waals surface area contributed by atoms with E-state index >= 15 is 0 Å². The Balaban J connectivity index is 2.97. The van der Waals surface area contributed by atoms with Crippen LogP contribution >= 0.6 is 16.3 Å². The van der Waals surface area contributed by atoms with Crippen LogP contribution in [0.5, 0.6) is 0 Å². The minimum absolute atomic E-state index is 0.150. The van der Waals surface area contributed by atoms with E-state index in [1.807, 2.05) is 0 Å². The summed E-state index contributed by atoms with van der Waals surface area (Å²) < 4.78 is 4.43. The summed E-state index contributed by atoms with van der Waals surface area (Å²) in [7, 11) is 0. The maximum absolute atomic E-state index is 10.8. The molecule has 0 aliphatic rings. The highest BCUT2D eigenvalue weighted by Gasteiger charge is 2.00. The van der Waals surface area contributed by atoms with Gasteiger partial charge in [-0.1, -0.05) is 84.0 Å². The molecule has 2 nitrogen and oxygen atoms in total. The van der Waals surface area contributed by atoms with E-state index in [1.54, 1.807) is 0 Å². The second kappa shape index (κ2) is 16.0. The van der Waals surface area contributed by atoms with Crippen molar-refractivity contribution >= 4 is 22.2 Å². The molecule has 0 aromatic heterocycles. The highest BCUT2D eigenvalue weighted by atomic mass is 79.9. The van der Waals surface area contributed by atoms with E-state index in [0.29, 0.717) is 6.42 Å². The average molecular weight is 335 g/mol. The Morgan fingerprint density at radius 2 is 1.11 bits per heavy atom. The van der Waals surface area contributed by atoms with Gasteiger partial charge in [0.05, 0.1) is 0 Å². The molecule has 0 aromatic rings. The Bertz CT molecular complexity index is 195. The molecule has 0 aliphatic carbocycles. The molecule has 0 fully saturated rings. The summed E-state index contributed by atoms with van der Waals surface area (Å²) in [5.74, 6) is -0.150. The average Bonchev–Trinajstić information content (AvgIpc) is 2.43. The van der Waals surface area contributed by atoms with Crippen molar-refractivity contribution in [2.24, 2.45) is 0 Å². The van der Waals surface area contributed by atoms with Gasteiger partial charge in [-0.25, -0.2) is 0 Å². The van der Waals surface area contributed by atoms with E-state index in [2.05, 4.69) is 27.0 Å². The summed E-state index contributed by atoms with van der Waals surface area (Å²) in [5, 5.41) is 0. The largest absolute Gasteiger partial charge is 0.384 e. The molecule has 0 spiro atoms. The molecule has 0 aromatic carbocycles. The second-order valence-electron chi connectivity index (χ2n) is 5.44. The number of hydrogen-bond acceptors (Lipinski definition) is 2. The van der Waals surface area contributed by atoms with Gasteiger partial charge in [0, 0.05) is 6.42 Å². The third-order valence-electron chi connectivity index (χ3n) is 3.57. The van der Waals surface area contributed by atoms with E-state index in [1.165, 1.54) is 70.6 Å². The lowest BCUT2D eigenvalue weighted by atomic mass is 10.0. The van der Waals surface area contributed by atoms with Crippen molar-refractivity contribution in [2.75, 3.05) is 0 Å². The van der Waals surface area contributed by atoms with Crippen molar-refractivity contribution in [3.8, 4) is 0 Å². The minimum atomic E-state index is -0.150. The molecular formula is C16H31BrO2. The topological polar surface area (TPSA) is 26.3 Å². The van der Waals surface area contributed by atoms with Gasteiger partial charge >= 0.3 is 5.97 Å². The summed E-state index contributed by atoms with van der Waals surface area (Å²) in [4.78, 5) is 10.8. The van der Waals surface area contributed by atoms with Crippen molar-refractivity contribution in [1.82, 2.24) is 0 Å². The van der Waals surface area contributed by atoms with E-state index in [4.69, 9.17) is 0 Å². The van der Waals surface area contributed by atoms with Crippen LogP contribution in [-0.4, -0.2) is 5.97 Å². The molecule has 0 heterocycles. The van der Waals surface area contributed by atoms with Gasteiger partial charge in [0.25, 0.3) is 0 Å². The van der Waals surface area contributed by atoms with Crippen LogP contribution in [0.25, 0.3) is 0 Å². The van der Waals surface area contributed by atoms with Gasteiger partial charge < -0.3 is 3.83 Å². The molecule has 0 aliphatic heterocycles. The summed E-state index contributed by atoms with van der Waals surface area (Å²) >= 11 is 2.70. The van der Waals surface area contributed by atoms with Crippen molar-refractivity contribution < 1.29 is 8.62 Å². The van der Waals surface area contributed by atoms with Gasteiger partial charge in [-0.3, -0.25) is 4.79 Å². The molecule has 0 rings (SSSR count). The van der Waals surface area contributed by atoms with Crippen LogP contribution in [0.1, 0.15) is 96.8 Å². The van der Waals surface area contributed by atoms with Gasteiger partial charge in [0.1, 0.15) is 0 Å². The summed E-state index contributed by atoms with van der Waals surface area (Å²) in [6.07, 6.45) is 17.8. The first-order chi connectivity index (χ1) is 9.31. The maximum Gasteiger partial charge on any atom is 0.317 e. The van der Waals surface area contributed by atoms with Gasteiger partial charge in [-0.2, -0.15) is 0 Å². The van der Waals surface area contributed by atoms with Crippen LogP contribution in [0.3, 0.4) is 0 Å². The number of unbranched alkanes of at least 4 members (excludes halogenated alkanes) is 12. The molecule has 0 bridgehead atoms. The molecule has 0 saturated carbocycles. The molecule has 0 radical (unpaired) electrons. The van der Waals surface area contributed by atoms with Crippen molar-refractivity contribution in [1.29, 1.82) is 0 Å². The first kappa shape index (κ1) is 18.9. The van der Waals surface area contributed by atoms with Crippen LogP contribution < -0.4 is 0 Å². The van der Waals surface area contributed by atoms with Crippen LogP contribution in [0.2, 0.25) is 0 Å². The predicted molar refractivity (Wildman–Crippen MR) is 85.3 cm³/mol. The highest BCUT2D eigenvalue weighted by molar-refractivity contribution is 9.06. The smallest absolute Gasteiger partial charge is 0.317 e. The lowest BCUT2D eigenvalue weighted by Crippen LogP contribution is -1.95. The van der Waals surface area contributed by atoms with Crippen molar-refractivity contribution in [3.63, 3.8) is 0 Å². The molecule has 0 amide bonds. The molecule has 3 heteroatoms. The quantitative estimate of drug-likeness (QED) is 0.347. The third kappa shape index (κ3) is 15.9. The second-order valence-corrected chi connectivity index (χ2v) is 5.77. The van der Waals surface area contributed by atoms with Crippen molar-refractivity contribution in [2.45, 2.75) is 96.8 Å². The van der Waals surface area contributed by atoms with E-state index in [9.17, 15) is 4.79 Å². The number of rotatable bonds is 14. The SMILES string of the molecule is CCCCCCCCCCCCCCCC(=O)OBr. The fourth-order valence-corrected chi connectivity index (χ4v) is 2.49. The Kier molecular flexibility index (Phi) is 16.0. The van der Waals surface area contributed by atoms with Gasteiger partial charge in [0.15, 0.2) is 16.3 Å². The zero-order valence-electron chi connectivity index (χ0n) is 12.6. The minimum Gasteiger partial charge on any atom is -0.384 e. The molecular weight excluding hydrogens is 304 g/mol. The predicted octanol–water partition coefficient (Wildman–Crippen LogP) is 6.32. The number of carbonyl (C=O) groups is 1. The molecule has 114 valence electrons. The zero-order chi connectivity index (χ0) is 14.2. The van der Waals surface area contributed by atoms with Gasteiger partial charge in [0.2, 0.25) is 0 Å². The Labute approximate surface area is 128 Å². The Morgan fingerprint density at radius 3 is 1.47 bits per heavy atom. The first-order valence-corrected chi connectivity index (χ1v) is 8.77. The first-order valence-electron chi connectivity index (χ1n) is 8.12. The third-order valence-corrected chi connectivity index (χ3v) is 3.93. The molecule has 0 unspecified atom stereocenters. The number of halogens is 1. The summed E-state index contributed by atoms with van der Waals surface area (Å²) in [5.41, 5.74) is 0. The van der Waals surface area contributed by atoms with E-state index in [0.717, 1.165) is 12.8 Å². The van der Waals surface area contributed by atoms with E-state index < -0.39 is 0 Å². The monoisotopic (exact) mass is 334 g/mol. The Morgan fingerprint density at radius 1 is 0.737 bits per heavy atom. The summed E-state index contributed by atoms with van der Waals surface area (Å²) in [6.45, 7) is 2.27. The molecule has 0 atom stereocenters. The molecule has 0 N–H and O–H groups in total. The van der Waals surface area contributed by atoms with E-state index in [-0.39, 0.29) is 5.97 Å². The van der Waals surface area contributed by atoms with Crippen molar-refractivity contribution in [3.05, 3.63) is 0 Å². The van der Waals surface area contributed by atoms with Crippen LogP contribution in [0, 0.1) is 0 Å².